The van der Waals surface area contributed by atoms with Crippen LogP contribution in [0.2, 0.25) is 0 Å². The van der Waals surface area contributed by atoms with Gasteiger partial charge in [0.15, 0.2) is 5.13 Å². The number of aromatic nitrogens is 3. The standard InChI is InChI=1S/C29H38N8O5S/c1-29(2,3)21-17-43-28(32-21)34-25(39)18-10-13-37-22(15-18)33-24(36-12-6-7-19(16-36)42-27(30)41)20(26(37)40)8-9-23(38)31-11-14-35(4)5/h8-10,13,15,17,19H,6-7,11-12,14,16H2,1-5H3,(H2,30,41)(H,31,38)(H,32,34,39)/t19-/m1/s1. The summed E-state index contributed by atoms with van der Waals surface area (Å²) in [6.07, 6.45) is 4.15. The van der Waals surface area contributed by atoms with Crippen molar-refractivity contribution in [1.82, 2.24) is 24.6 Å². The first-order chi connectivity index (χ1) is 20.3. The Morgan fingerprint density at radius 2 is 2.02 bits per heavy atom. The third-order valence-corrected chi connectivity index (χ3v) is 7.58. The predicted molar refractivity (Wildman–Crippen MR) is 167 cm³/mol. The average Bonchev–Trinajstić information content (AvgIpc) is 3.41. The summed E-state index contributed by atoms with van der Waals surface area (Å²) in [6, 6.07) is 3.06. The fourth-order valence-corrected chi connectivity index (χ4v) is 5.46. The van der Waals surface area contributed by atoms with Crippen molar-refractivity contribution in [2.24, 2.45) is 5.73 Å². The first-order valence-corrected chi connectivity index (χ1v) is 14.8. The van der Waals surface area contributed by atoms with Crippen LogP contribution in [0.1, 0.15) is 55.2 Å². The molecule has 0 aromatic carbocycles. The normalized spacial score (nSPS) is 15.7. The van der Waals surface area contributed by atoms with Crippen molar-refractivity contribution >= 4 is 51.9 Å². The number of nitrogens with one attached hydrogen (secondary N) is 2. The molecule has 0 bridgehead atoms. The van der Waals surface area contributed by atoms with Crippen molar-refractivity contribution in [1.29, 1.82) is 0 Å². The van der Waals surface area contributed by atoms with E-state index < -0.39 is 17.8 Å². The van der Waals surface area contributed by atoms with E-state index in [1.807, 2.05) is 50.0 Å². The molecule has 0 spiro atoms. The Bertz CT molecular complexity index is 1590. The maximum Gasteiger partial charge on any atom is 0.404 e. The van der Waals surface area contributed by atoms with Gasteiger partial charge in [0.05, 0.1) is 17.8 Å². The largest absolute Gasteiger partial charge is 0.445 e. The van der Waals surface area contributed by atoms with E-state index in [4.69, 9.17) is 15.5 Å². The number of nitrogens with zero attached hydrogens (tertiary/aromatic N) is 5. The second-order valence-corrected chi connectivity index (χ2v) is 12.5. The van der Waals surface area contributed by atoms with Gasteiger partial charge in [0.1, 0.15) is 17.6 Å². The van der Waals surface area contributed by atoms with Crippen LogP contribution in [0.3, 0.4) is 0 Å². The van der Waals surface area contributed by atoms with Gasteiger partial charge in [0.2, 0.25) is 5.91 Å². The van der Waals surface area contributed by atoms with E-state index in [1.165, 1.54) is 46.2 Å². The Balaban J connectivity index is 1.68. The SMILES string of the molecule is CN(C)CCNC(=O)C=Cc1c(N2CCC[C@@H](OC(N)=O)C2)nc2cc(C(=O)Nc3nc(C(C)(C)C)cs3)ccn2c1=O. The highest BCUT2D eigenvalue weighted by Gasteiger charge is 2.27. The van der Waals surface area contributed by atoms with Gasteiger partial charge in [-0.1, -0.05) is 20.8 Å². The highest BCUT2D eigenvalue weighted by molar-refractivity contribution is 7.14. The zero-order valence-corrected chi connectivity index (χ0v) is 25.9. The fourth-order valence-electron chi connectivity index (χ4n) is 4.52. The van der Waals surface area contributed by atoms with E-state index >= 15 is 0 Å². The molecule has 4 heterocycles. The van der Waals surface area contributed by atoms with E-state index in [0.29, 0.717) is 49.0 Å². The van der Waals surface area contributed by atoms with E-state index in [1.54, 1.807) is 0 Å². The zero-order valence-electron chi connectivity index (χ0n) is 25.0. The van der Waals surface area contributed by atoms with E-state index in [2.05, 4.69) is 15.6 Å². The Kier molecular flexibility index (Phi) is 9.81. The molecule has 1 aliphatic rings. The zero-order chi connectivity index (χ0) is 31.3. The Morgan fingerprint density at radius 1 is 1.26 bits per heavy atom. The van der Waals surface area contributed by atoms with Gasteiger partial charge in [-0.3, -0.25) is 24.1 Å². The predicted octanol–water partition coefficient (Wildman–Crippen LogP) is 2.46. The molecule has 14 heteroatoms. The highest BCUT2D eigenvalue weighted by atomic mass is 32.1. The number of fused-ring (bicyclic) bond motifs is 1. The van der Waals surface area contributed by atoms with Crippen LogP contribution in [-0.4, -0.2) is 83.6 Å². The van der Waals surface area contributed by atoms with Gasteiger partial charge in [0.25, 0.3) is 11.5 Å². The maximum absolute atomic E-state index is 13.7. The fraction of sp³-hybridized carbons (Fsp3) is 0.448. The summed E-state index contributed by atoms with van der Waals surface area (Å²) in [7, 11) is 3.81. The number of pyridine rings is 1. The second kappa shape index (κ2) is 13.3. The summed E-state index contributed by atoms with van der Waals surface area (Å²) in [5.41, 5.74) is 6.27. The number of anilines is 2. The topological polar surface area (TPSA) is 164 Å². The van der Waals surface area contributed by atoms with Gasteiger partial charge in [0, 0.05) is 48.3 Å². The molecule has 3 aromatic rings. The molecule has 43 heavy (non-hydrogen) atoms. The number of carbonyl (C=O) groups is 3. The summed E-state index contributed by atoms with van der Waals surface area (Å²) in [5, 5.41) is 7.99. The molecule has 3 aromatic heterocycles. The molecule has 0 unspecified atom stereocenters. The Hall–Kier alpha value is -4.30. The Morgan fingerprint density at radius 3 is 2.70 bits per heavy atom. The van der Waals surface area contributed by atoms with Crippen LogP contribution in [-0.2, 0) is 14.9 Å². The minimum Gasteiger partial charge on any atom is -0.445 e. The molecule has 4 N–H and O–H groups in total. The number of piperidine rings is 1. The van der Waals surface area contributed by atoms with E-state index in [9.17, 15) is 19.2 Å². The number of likely N-dealkylation sites (N-methyl/N-ethyl adjacent to an activating group) is 1. The van der Waals surface area contributed by atoms with Gasteiger partial charge in [-0.05, 0) is 45.1 Å². The number of carbonyl (C=O) groups excluding carboxylic acids is 3. The van der Waals surface area contributed by atoms with Crippen LogP contribution in [0.25, 0.3) is 11.7 Å². The summed E-state index contributed by atoms with van der Waals surface area (Å²) < 4.78 is 6.56. The van der Waals surface area contributed by atoms with Crippen molar-refractivity contribution in [3.05, 3.63) is 57.0 Å². The first kappa shape index (κ1) is 31.6. The second-order valence-electron chi connectivity index (χ2n) is 11.6. The lowest BCUT2D eigenvalue weighted by atomic mass is 9.93. The van der Waals surface area contributed by atoms with Crippen molar-refractivity contribution in [2.75, 3.05) is 50.5 Å². The minimum absolute atomic E-state index is 0.154. The number of amides is 3. The van der Waals surface area contributed by atoms with Gasteiger partial charge in [-0.25, -0.2) is 14.8 Å². The van der Waals surface area contributed by atoms with E-state index in [0.717, 1.165) is 5.69 Å². The van der Waals surface area contributed by atoms with Crippen LogP contribution >= 0.6 is 11.3 Å². The molecule has 0 saturated carbocycles. The number of primary amides is 1. The monoisotopic (exact) mass is 610 g/mol. The molecule has 0 radical (unpaired) electrons. The smallest absolute Gasteiger partial charge is 0.404 e. The number of ether oxygens (including phenoxy) is 1. The molecule has 230 valence electrons. The molecule has 1 fully saturated rings. The molecule has 4 rings (SSSR count). The van der Waals surface area contributed by atoms with Crippen molar-refractivity contribution in [3.63, 3.8) is 0 Å². The molecule has 1 saturated heterocycles. The minimum atomic E-state index is -0.876. The van der Waals surface area contributed by atoms with Crippen molar-refractivity contribution in [3.8, 4) is 0 Å². The molecule has 13 nitrogen and oxygen atoms in total. The summed E-state index contributed by atoms with van der Waals surface area (Å²) in [6.45, 7) is 8.05. The van der Waals surface area contributed by atoms with Crippen molar-refractivity contribution < 1.29 is 19.1 Å². The quantitative estimate of drug-likeness (QED) is 0.309. The van der Waals surface area contributed by atoms with Gasteiger partial charge in [-0.15, -0.1) is 11.3 Å². The number of hydrogen-bond acceptors (Lipinski definition) is 10. The summed E-state index contributed by atoms with van der Waals surface area (Å²) >= 11 is 1.34. The van der Waals surface area contributed by atoms with Crippen molar-refractivity contribution in [2.45, 2.75) is 45.1 Å². The maximum atomic E-state index is 13.7. The van der Waals surface area contributed by atoms with Crippen LogP contribution in [0, 0.1) is 0 Å². The molecular formula is C29H38N8O5S. The van der Waals surface area contributed by atoms with Gasteiger partial charge >= 0.3 is 6.09 Å². The van der Waals surface area contributed by atoms with Crippen LogP contribution in [0.4, 0.5) is 15.7 Å². The molecule has 3 amide bonds. The number of hydrogen-bond donors (Lipinski definition) is 3. The molecule has 0 aliphatic carbocycles. The first-order valence-electron chi connectivity index (χ1n) is 14.0. The highest BCUT2D eigenvalue weighted by Crippen LogP contribution is 2.27. The molecule has 1 aliphatic heterocycles. The van der Waals surface area contributed by atoms with Gasteiger partial charge < -0.3 is 25.6 Å². The average molecular weight is 611 g/mol. The van der Waals surface area contributed by atoms with Crippen LogP contribution < -0.4 is 26.8 Å². The lowest BCUT2D eigenvalue weighted by Gasteiger charge is -2.33. The summed E-state index contributed by atoms with van der Waals surface area (Å²) in [5.74, 6) is -0.429. The number of nitrogens with two attached hydrogens (primary N) is 1. The van der Waals surface area contributed by atoms with E-state index in [-0.39, 0.29) is 35.0 Å². The lowest BCUT2D eigenvalue weighted by molar-refractivity contribution is -0.116. The number of rotatable bonds is 9. The third kappa shape index (κ3) is 8.17. The molecular weight excluding hydrogens is 572 g/mol. The number of thiazole rings is 1. The van der Waals surface area contributed by atoms with Crippen LogP contribution in [0.15, 0.2) is 34.6 Å². The lowest BCUT2D eigenvalue weighted by Crippen LogP contribution is -2.43. The molecule has 1 atom stereocenters. The summed E-state index contributed by atoms with van der Waals surface area (Å²) in [4.78, 5) is 63.8. The van der Waals surface area contributed by atoms with Gasteiger partial charge in [-0.2, -0.15) is 0 Å². The third-order valence-electron chi connectivity index (χ3n) is 6.82. The Labute approximate surface area is 253 Å². The van der Waals surface area contributed by atoms with Crippen LogP contribution in [0.5, 0.6) is 0 Å².